The highest BCUT2D eigenvalue weighted by atomic mass is 15.3. The molecule has 1 N–H and O–H groups in total. The van der Waals surface area contributed by atoms with Crippen LogP contribution in [0.1, 0.15) is 59.1 Å². The molecule has 1 saturated carbocycles. The van der Waals surface area contributed by atoms with E-state index < -0.39 is 0 Å². The molecule has 1 aliphatic rings. The van der Waals surface area contributed by atoms with Crippen molar-refractivity contribution in [3.63, 3.8) is 0 Å². The van der Waals surface area contributed by atoms with Gasteiger partial charge in [0, 0.05) is 24.7 Å². The summed E-state index contributed by atoms with van der Waals surface area (Å²) in [5, 5.41) is 12.2. The van der Waals surface area contributed by atoms with Gasteiger partial charge < -0.3 is 10.2 Å². The Morgan fingerprint density at radius 1 is 1.20 bits per heavy atom. The van der Waals surface area contributed by atoms with E-state index in [-0.39, 0.29) is 5.54 Å². The lowest BCUT2D eigenvalue weighted by molar-refractivity contribution is 0.420. The van der Waals surface area contributed by atoms with Gasteiger partial charge in [-0.15, -0.1) is 5.10 Å². The highest BCUT2D eigenvalue weighted by molar-refractivity contribution is 5.38. The second kappa shape index (κ2) is 6.53. The Kier molecular flexibility index (Phi) is 4.97. The molecule has 2 rings (SSSR count). The van der Waals surface area contributed by atoms with E-state index in [0.717, 1.165) is 24.6 Å². The molecule has 0 aromatic carbocycles. The maximum atomic E-state index is 4.43. The molecule has 1 fully saturated rings. The SMILES string of the molecule is CCN(c1ccc(CNC(C)(C)C)nn1)C1CCCC1. The van der Waals surface area contributed by atoms with Crippen LogP contribution in [-0.2, 0) is 6.54 Å². The van der Waals surface area contributed by atoms with Crippen molar-refractivity contribution >= 4 is 5.82 Å². The van der Waals surface area contributed by atoms with Crippen molar-refractivity contribution in [3.8, 4) is 0 Å². The van der Waals surface area contributed by atoms with Crippen LogP contribution in [0.3, 0.4) is 0 Å². The average molecular weight is 276 g/mol. The molecule has 20 heavy (non-hydrogen) atoms. The fourth-order valence-corrected chi connectivity index (χ4v) is 2.78. The van der Waals surface area contributed by atoms with Crippen molar-refractivity contribution in [2.45, 2.75) is 71.5 Å². The topological polar surface area (TPSA) is 41.0 Å². The minimum Gasteiger partial charge on any atom is -0.352 e. The van der Waals surface area contributed by atoms with Crippen LogP contribution in [0.5, 0.6) is 0 Å². The predicted molar refractivity (Wildman–Crippen MR) is 83.9 cm³/mol. The first-order valence-electron chi connectivity index (χ1n) is 7.84. The molecular weight excluding hydrogens is 248 g/mol. The number of anilines is 1. The first-order valence-corrected chi connectivity index (χ1v) is 7.84. The predicted octanol–water partition coefficient (Wildman–Crippen LogP) is 3.13. The largest absolute Gasteiger partial charge is 0.352 e. The molecule has 0 aliphatic heterocycles. The van der Waals surface area contributed by atoms with E-state index in [1.807, 2.05) is 0 Å². The Hall–Kier alpha value is -1.16. The van der Waals surface area contributed by atoms with Crippen LogP contribution in [0.15, 0.2) is 12.1 Å². The number of hydrogen-bond acceptors (Lipinski definition) is 4. The molecule has 0 bridgehead atoms. The summed E-state index contributed by atoms with van der Waals surface area (Å²) in [7, 11) is 0. The molecule has 1 heterocycles. The van der Waals surface area contributed by atoms with Gasteiger partial charge in [-0.05, 0) is 52.7 Å². The van der Waals surface area contributed by atoms with E-state index in [4.69, 9.17) is 0 Å². The zero-order valence-corrected chi connectivity index (χ0v) is 13.3. The fraction of sp³-hybridized carbons (Fsp3) is 0.750. The summed E-state index contributed by atoms with van der Waals surface area (Å²) in [6.45, 7) is 10.5. The fourth-order valence-electron chi connectivity index (χ4n) is 2.78. The molecule has 4 nitrogen and oxygen atoms in total. The summed E-state index contributed by atoms with van der Waals surface area (Å²) >= 11 is 0. The van der Waals surface area contributed by atoms with Crippen LogP contribution in [0.2, 0.25) is 0 Å². The first-order chi connectivity index (χ1) is 9.49. The third kappa shape index (κ3) is 4.17. The van der Waals surface area contributed by atoms with Gasteiger partial charge >= 0.3 is 0 Å². The summed E-state index contributed by atoms with van der Waals surface area (Å²) in [5.74, 6) is 1.03. The van der Waals surface area contributed by atoms with Crippen LogP contribution >= 0.6 is 0 Å². The Morgan fingerprint density at radius 2 is 1.90 bits per heavy atom. The molecule has 0 unspecified atom stereocenters. The Morgan fingerprint density at radius 3 is 2.40 bits per heavy atom. The minimum atomic E-state index is 0.111. The van der Waals surface area contributed by atoms with Gasteiger partial charge in [-0.3, -0.25) is 0 Å². The zero-order valence-electron chi connectivity index (χ0n) is 13.3. The molecule has 1 aromatic heterocycles. The molecule has 0 saturated heterocycles. The summed E-state index contributed by atoms with van der Waals surface area (Å²) in [6.07, 6.45) is 5.29. The highest BCUT2D eigenvalue weighted by Crippen LogP contribution is 2.26. The van der Waals surface area contributed by atoms with Gasteiger partial charge in [-0.2, -0.15) is 5.10 Å². The summed E-state index contributed by atoms with van der Waals surface area (Å²) < 4.78 is 0. The molecule has 4 heteroatoms. The third-order valence-electron chi connectivity index (χ3n) is 3.91. The van der Waals surface area contributed by atoms with Crippen LogP contribution < -0.4 is 10.2 Å². The van der Waals surface area contributed by atoms with Gasteiger partial charge in [0.15, 0.2) is 5.82 Å². The van der Waals surface area contributed by atoms with Crippen LogP contribution in [-0.4, -0.2) is 28.3 Å². The molecular formula is C16H28N4. The maximum Gasteiger partial charge on any atom is 0.151 e. The highest BCUT2D eigenvalue weighted by Gasteiger charge is 2.22. The smallest absolute Gasteiger partial charge is 0.151 e. The lowest BCUT2D eigenvalue weighted by Gasteiger charge is -2.28. The summed E-state index contributed by atoms with van der Waals surface area (Å²) in [4.78, 5) is 2.40. The Balaban J connectivity index is 1.99. The molecule has 112 valence electrons. The summed E-state index contributed by atoms with van der Waals surface area (Å²) in [6, 6.07) is 4.88. The minimum absolute atomic E-state index is 0.111. The number of rotatable bonds is 5. The van der Waals surface area contributed by atoms with Crippen LogP contribution in [0.4, 0.5) is 5.82 Å². The van der Waals surface area contributed by atoms with Crippen molar-refractivity contribution in [2.75, 3.05) is 11.4 Å². The first kappa shape index (κ1) is 15.2. The second-order valence-electron chi connectivity index (χ2n) is 6.71. The van der Waals surface area contributed by atoms with Gasteiger partial charge in [0.2, 0.25) is 0 Å². The van der Waals surface area contributed by atoms with Gasteiger partial charge in [0.25, 0.3) is 0 Å². The van der Waals surface area contributed by atoms with Gasteiger partial charge in [-0.25, -0.2) is 0 Å². The van der Waals surface area contributed by atoms with Crippen LogP contribution in [0.25, 0.3) is 0 Å². The van der Waals surface area contributed by atoms with Crippen molar-refractivity contribution in [2.24, 2.45) is 0 Å². The molecule has 1 aromatic rings. The molecule has 0 atom stereocenters. The second-order valence-corrected chi connectivity index (χ2v) is 6.71. The molecule has 0 amide bonds. The van der Waals surface area contributed by atoms with Gasteiger partial charge in [-0.1, -0.05) is 12.8 Å². The number of aromatic nitrogens is 2. The van der Waals surface area contributed by atoms with Gasteiger partial charge in [0.05, 0.1) is 5.69 Å². The lowest BCUT2D eigenvalue weighted by Crippen LogP contribution is -2.36. The van der Waals surface area contributed by atoms with E-state index in [9.17, 15) is 0 Å². The lowest BCUT2D eigenvalue weighted by atomic mass is 10.1. The van der Waals surface area contributed by atoms with Crippen molar-refractivity contribution in [1.82, 2.24) is 15.5 Å². The molecule has 1 aliphatic carbocycles. The maximum absolute atomic E-state index is 4.43. The standard InChI is InChI=1S/C16H28N4/c1-5-20(14-8-6-7-9-14)15-11-10-13(18-19-15)12-17-16(2,3)4/h10-11,14,17H,5-9,12H2,1-4H3. The zero-order chi connectivity index (χ0) is 14.6. The van der Waals surface area contributed by atoms with E-state index >= 15 is 0 Å². The Bertz CT molecular complexity index is 401. The van der Waals surface area contributed by atoms with Gasteiger partial charge in [0.1, 0.15) is 0 Å². The van der Waals surface area contributed by atoms with Crippen molar-refractivity contribution < 1.29 is 0 Å². The van der Waals surface area contributed by atoms with Crippen molar-refractivity contribution in [1.29, 1.82) is 0 Å². The van der Waals surface area contributed by atoms with E-state index in [0.29, 0.717) is 6.04 Å². The normalized spacial score (nSPS) is 16.6. The summed E-state index contributed by atoms with van der Waals surface area (Å²) in [5.41, 5.74) is 1.12. The quantitative estimate of drug-likeness (QED) is 0.897. The number of hydrogen-bond donors (Lipinski definition) is 1. The Labute approximate surface area is 123 Å². The van der Waals surface area contributed by atoms with Crippen molar-refractivity contribution in [3.05, 3.63) is 17.8 Å². The monoisotopic (exact) mass is 276 g/mol. The molecule has 0 radical (unpaired) electrons. The molecule has 0 spiro atoms. The third-order valence-corrected chi connectivity index (χ3v) is 3.91. The average Bonchev–Trinajstić information content (AvgIpc) is 2.92. The van der Waals surface area contributed by atoms with E-state index in [2.05, 4.69) is 60.2 Å². The van der Waals surface area contributed by atoms with E-state index in [1.165, 1.54) is 25.7 Å². The number of nitrogens with zero attached hydrogens (tertiary/aromatic N) is 3. The van der Waals surface area contributed by atoms with Crippen LogP contribution in [0, 0.1) is 0 Å². The number of nitrogens with one attached hydrogen (secondary N) is 1. The van der Waals surface area contributed by atoms with E-state index in [1.54, 1.807) is 0 Å².